The van der Waals surface area contributed by atoms with Gasteiger partial charge in [-0.25, -0.2) is 19.6 Å². The average molecular weight is 610 g/mol. The third-order valence-corrected chi connectivity index (χ3v) is 5.00. The Balaban J connectivity index is 0.000000280. The summed E-state index contributed by atoms with van der Waals surface area (Å²) in [7, 11) is 2.78. The quantitative estimate of drug-likeness (QED) is 0.177. The minimum absolute atomic E-state index is 0. The Morgan fingerprint density at radius 3 is 1.37 bits per heavy atom. The molecule has 2 N–H and O–H groups in total. The zero-order valence-corrected chi connectivity index (χ0v) is 22.7. The number of halogens is 2. The summed E-state index contributed by atoms with van der Waals surface area (Å²) in [6.07, 6.45) is 8.74. The molecule has 0 spiro atoms. The number of hydrazone groups is 2. The second kappa shape index (κ2) is 16.9. The van der Waals surface area contributed by atoms with Crippen molar-refractivity contribution >= 4 is 24.2 Å². The molecule has 0 aliphatic rings. The van der Waals surface area contributed by atoms with E-state index < -0.39 is 11.6 Å². The Morgan fingerprint density at radius 2 is 1.05 bits per heavy atom. The molecular formula is C28H24CuF2N6O4. The van der Waals surface area contributed by atoms with Crippen LogP contribution in [0.2, 0.25) is 0 Å². The Morgan fingerprint density at radius 1 is 0.683 bits per heavy atom. The van der Waals surface area contributed by atoms with Crippen LogP contribution >= 0.6 is 0 Å². The molecule has 2 aromatic carbocycles. The molecule has 0 bridgehead atoms. The SMILES string of the molecule is COc1ccc(/C=N\NC(=O)c2ccncc2)cc1F.COc1ccc(/C=N\NC(=O)c2ccncc2)cc1F.[Cu]. The number of carbonyl (C=O) groups is 2. The van der Waals surface area contributed by atoms with Crippen molar-refractivity contribution in [2.45, 2.75) is 0 Å². The van der Waals surface area contributed by atoms with Crippen LogP contribution in [0.5, 0.6) is 11.5 Å². The molecule has 215 valence electrons. The first kappa shape index (κ1) is 32.2. The molecule has 2 aromatic heterocycles. The van der Waals surface area contributed by atoms with E-state index in [9.17, 15) is 18.4 Å². The van der Waals surface area contributed by atoms with Crippen LogP contribution in [0.3, 0.4) is 0 Å². The van der Waals surface area contributed by atoms with Gasteiger partial charge in [0.15, 0.2) is 23.1 Å². The van der Waals surface area contributed by atoms with Gasteiger partial charge >= 0.3 is 0 Å². The number of methoxy groups -OCH3 is 2. The molecule has 41 heavy (non-hydrogen) atoms. The number of hydrogen-bond donors (Lipinski definition) is 2. The van der Waals surface area contributed by atoms with Crippen molar-refractivity contribution in [2.75, 3.05) is 14.2 Å². The fourth-order valence-corrected chi connectivity index (χ4v) is 2.99. The summed E-state index contributed by atoms with van der Waals surface area (Å²) in [6.45, 7) is 0. The van der Waals surface area contributed by atoms with Crippen LogP contribution < -0.4 is 20.3 Å². The molecule has 0 aliphatic heterocycles. The van der Waals surface area contributed by atoms with E-state index in [4.69, 9.17) is 9.47 Å². The monoisotopic (exact) mass is 609 g/mol. The third-order valence-electron chi connectivity index (χ3n) is 5.00. The molecule has 0 atom stereocenters. The van der Waals surface area contributed by atoms with Gasteiger partial charge in [0.25, 0.3) is 11.8 Å². The minimum atomic E-state index is -0.489. The predicted molar refractivity (Wildman–Crippen MR) is 144 cm³/mol. The van der Waals surface area contributed by atoms with Gasteiger partial charge in [0.2, 0.25) is 0 Å². The Labute approximate surface area is 245 Å². The second-order valence-corrected chi connectivity index (χ2v) is 7.66. The van der Waals surface area contributed by atoms with Gasteiger partial charge in [0, 0.05) is 53.0 Å². The molecular weight excluding hydrogens is 586 g/mol. The molecule has 0 saturated heterocycles. The Kier molecular flexibility index (Phi) is 13.2. The van der Waals surface area contributed by atoms with E-state index in [1.54, 1.807) is 36.4 Å². The van der Waals surface area contributed by atoms with Crippen molar-refractivity contribution in [2.24, 2.45) is 10.2 Å². The number of hydrogen-bond acceptors (Lipinski definition) is 8. The topological polar surface area (TPSA) is 127 Å². The molecule has 2 heterocycles. The molecule has 0 aliphatic carbocycles. The first-order valence-corrected chi connectivity index (χ1v) is 11.5. The van der Waals surface area contributed by atoms with E-state index in [0.29, 0.717) is 22.3 Å². The van der Waals surface area contributed by atoms with E-state index in [-0.39, 0.29) is 40.4 Å². The van der Waals surface area contributed by atoms with Crippen LogP contribution in [0.25, 0.3) is 0 Å². The molecule has 10 nitrogen and oxygen atoms in total. The van der Waals surface area contributed by atoms with Crippen LogP contribution in [-0.4, -0.2) is 48.4 Å². The van der Waals surface area contributed by atoms with Gasteiger partial charge in [-0.05, 0) is 71.8 Å². The van der Waals surface area contributed by atoms with Gasteiger partial charge in [0.05, 0.1) is 26.6 Å². The van der Waals surface area contributed by atoms with Gasteiger partial charge in [-0.2, -0.15) is 10.2 Å². The number of amides is 2. The first-order chi connectivity index (χ1) is 19.4. The smallest absolute Gasteiger partial charge is 0.271 e. The van der Waals surface area contributed by atoms with Crippen LogP contribution in [0.1, 0.15) is 31.8 Å². The van der Waals surface area contributed by atoms with Crippen molar-refractivity contribution in [3.63, 3.8) is 0 Å². The summed E-state index contributed by atoms with van der Waals surface area (Å²) < 4.78 is 36.5. The zero-order valence-electron chi connectivity index (χ0n) is 21.7. The maximum atomic E-state index is 13.4. The molecule has 13 heteroatoms. The van der Waals surface area contributed by atoms with Crippen molar-refractivity contribution in [3.05, 3.63) is 119 Å². The molecule has 1 radical (unpaired) electrons. The molecule has 0 fully saturated rings. The summed E-state index contributed by atoms with van der Waals surface area (Å²) >= 11 is 0. The maximum Gasteiger partial charge on any atom is 0.271 e. The molecule has 0 unspecified atom stereocenters. The number of nitrogens with zero attached hydrogens (tertiary/aromatic N) is 4. The van der Waals surface area contributed by atoms with E-state index in [1.807, 2.05) is 0 Å². The van der Waals surface area contributed by atoms with Gasteiger partial charge < -0.3 is 9.47 Å². The Bertz CT molecular complexity index is 1380. The molecule has 4 rings (SSSR count). The predicted octanol–water partition coefficient (Wildman–Crippen LogP) is 3.98. The van der Waals surface area contributed by atoms with E-state index in [0.717, 1.165) is 0 Å². The number of nitrogens with one attached hydrogen (secondary N) is 2. The molecule has 0 saturated carbocycles. The standard InChI is InChI=1S/2C14H12FN3O2.Cu/c2*1-20-13-3-2-10(8-12(13)15)9-17-18-14(19)11-4-6-16-7-5-11;/h2*2-9H,1H3,(H,18,19);/b2*17-9-;. The number of rotatable bonds is 8. The number of aromatic nitrogens is 2. The summed E-state index contributed by atoms with van der Waals surface area (Å²) in [5.74, 6) is -1.39. The molecule has 2 amide bonds. The number of benzene rings is 2. The summed E-state index contributed by atoms with van der Waals surface area (Å²) in [6, 6.07) is 15.0. The van der Waals surface area contributed by atoms with Crippen LogP contribution in [0.15, 0.2) is 95.7 Å². The minimum Gasteiger partial charge on any atom is -0.494 e. The molecule has 4 aromatic rings. The van der Waals surface area contributed by atoms with E-state index in [2.05, 4.69) is 31.0 Å². The third kappa shape index (κ3) is 10.2. The summed E-state index contributed by atoms with van der Waals surface area (Å²) in [4.78, 5) is 30.9. The van der Waals surface area contributed by atoms with E-state index >= 15 is 0 Å². The fraction of sp³-hybridized carbons (Fsp3) is 0.0714. The van der Waals surface area contributed by atoms with Gasteiger partial charge in [-0.1, -0.05) is 0 Å². The van der Waals surface area contributed by atoms with Crippen LogP contribution in [0, 0.1) is 11.6 Å². The average Bonchev–Trinajstić information content (AvgIpc) is 2.98. The number of pyridine rings is 2. The zero-order chi connectivity index (χ0) is 28.7. The normalized spacial score (nSPS) is 10.2. The van der Waals surface area contributed by atoms with E-state index in [1.165, 1.54) is 75.7 Å². The van der Waals surface area contributed by atoms with Crippen molar-refractivity contribution in [1.29, 1.82) is 0 Å². The fourth-order valence-electron chi connectivity index (χ4n) is 2.99. The van der Waals surface area contributed by atoms with Gasteiger partial charge in [-0.15, -0.1) is 0 Å². The second-order valence-electron chi connectivity index (χ2n) is 7.66. The van der Waals surface area contributed by atoms with Crippen molar-refractivity contribution in [3.8, 4) is 11.5 Å². The summed E-state index contributed by atoms with van der Waals surface area (Å²) in [5, 5.41) is 7.52. The van der Waals surface area contributed by atoms with Crippen molar-refractivity contribution in [1.82, 2.24) is 20.8 Å². The van der Waals surface area contributed by atoms with Gasteiger partial charge in [-0.3, -0.25) is 19.6 Å². The van der Waals surface area contributed by atoms with Crippen molar-refractivity contribution < 1.29 is 44.9 Å². The van der Waals surface area contributed by atoms with Gasteiger partial charge in [0.1, 0.15) is 0 Å². The first-order valence-electron chi connectivity index (χ1n) is 11.5. The number of carbonyl (C=O) groups excluding carboxylic acids is 2. The Hall–Kier alpha value is -5.00. The van der Waals surface area contributed by atoms with Crippen LogP contribution in [0.4, 0.5) is 8.78 Å². The van der Waals surface area contributed by atoms with Crippen LogP contribution in [-0.2, 0) is 17.1 Å². The number of ether oxygens (including phenoxy) is 2. The largest absolute Gasteiger partial charge is 0.494 e. The maximum absolute atomic E-state index is 13.4. The summed E-state index contributed by atoms with van der Waals surface area (Å²) in [5.41, 5.74) is 6.60.